The highest BCUT2D eigenvalue weighted by Crippen LogP contribution is 2.34. The Morgan fingerprint density at radius 1 is 0.875 bits per heavy atom. The van der Waals surface area contributed by atoms with Gasteiger partial charge in [-0.05, 0) is 52.5 Å². The van der Waals surface area contributed by atoms with Gasteiger partial charge in [-0.1, -0.05) is 96.3 Å². The Bertz CT molecular complexity index is 628. The summed E-state index contributed by atoms with van der Waals surface area (Å²) in [7, 11) is 0. The van der Waals surface area contributed by atoms with Crippen LogP contribution in [-0.2, 0) is 11.8 Å². The van der Waals surface area contributed by atoms with E-state index < -0.39 is 0 Å². The van der Waals surface area contributed by atoms with Gasteiger partial charge in [0.15, 0.2) is 0 Å². The van der Waals surface area contributed by atoms with Gasteiger partial charge in [-0.15, -0.1) is 0 Å². The maximum atomic E-state index is 3.51. The molecule has 2 aromatic rings. The molecule has 0 atom stereocenters. The van der Waals surface area contributed by atoms with Gasteiger partial charge < -0.3 is 0 Å². The monoisotopic (exact) mass is 321 g/mol. The summed E-state index contributed by atoms with van der Waals surface area (Å²) in [5.41, 5.74) is 5.69. The van der Waals surface area contributed by atoms with Crippen LogP contribution in [0.25, 0.3) is 11.1 Å². The fourth-order valence-electron chi connectivity index (χ4n) is 3.33. The van der Waals surface area contributed by atoms with E-state index >= 15 is 0 Å². The molecule has 0 aromatic heterocycles. The van der Waals surface area contributed by atoms with Gasteiger partial charge in [-0.25, -0.2) is 0 Å². The van der Waals surface area contributed by atoms with Crippen LogP contribution >= 0.6 is 0 Å². The van der Waals surface area contributed by atoms with Gasteiger partial charge in [-0.3, -0.25) is 0 Å². The summed E-state index contributed by atoms with van der Waals surface area (Å²) in [5, 5.41) is 0. The zero-order chi connectivity index (χ0) is 17.6. The Kier molecular flexibility index (Phi) is 6.66. The highest BCUT2D eigenvalue weighted by Gasteiger charge is 2.19. The number of hydrogen-bond acceptors (Lipinski definition) is 0. The maximum absolute atomic E-state index is 3.51. The Morgan fingerprint density at radius 2 is 1.58 bits per heavy atom. The minimum atomic E-state index is 0.154. The Balaban J connectivity index is 2.18. The molecular formula is C24H33. The summed E-state index contributed by atoms with van der Waals surface area (Å²) >= 11 is 0. The van der Waals surface area contributed by atoms with Gasteiger partial charge in [0, 0.05) is 0 Å². The van der Waals surface area contributed by atoms with Crippen molar-refractivity contribution in [2.24, 2.45) is 5.92 Å². The van der Waals surface area contributed by atoms with E-state index in [2.05, 4.69) is 83.1 Å². The molecule has 0 aliphatic heterocycles. The SMILES string of the molecule is CC(C)CCCCCc1[c]cccc1-c1ccccc1C(C)(C)C. The van der Waals surface area contributed by atoms with Crippen molar-refractivity contribution >= 4 is 0 Å². The largest absolute Gasteiger partial charge is 0.0628 e. The average Bonchev–Trinajstić information content (AvgIpc) is 2.54. The number of benzene rings is 2. The van der Waals surface area contributed by atoms with Crippen LogP contribution in [0.5, 0.6) is 0 Å². The summed E-state index contributed by atoms with van der Waals surface area (Å²) in [6, 6.07) is 18.8. The van der Waals surface area contributed by atoms with E-state index in [0.29, 0.717) is 0 Å². The van der Waals surface area contributed by atoms with Crippen molar-refractivity contribution in [2.75, 3.05) is 0 Å². The van der Waals surface area contributed by atoms with E-state index in [1.165, 1.54) is 47.9 Å². The maximum Gasteiger partial charge on any atom is -0.0126 e. The van der Waals surface area contributed by atoms with Crippen LogP contribution < -0.4 is 0 Å². The van der Waals surface area contributed by atoms with Crippen molar-refractivity contribution in [2.45, 2.75) is 72.1 Å². The van der Waals surface area contributed by atoms with Gasteiger partial charge in [-0.2, -0.15) is 0 Å². The summed E-state index contributed by atoms with van der Waals surface area (Å²) < 4.78 is 0. The minimum absolute atomic E-state index is 0.154. The average molecular weight is 322 g/mol. The smallest absolute Gasteiger partial charge is 0.0126 e. The molecule has 0 heterocycles. The first-order chi connectivity index (χ1) is 11.4. The van der Waals surface area contributed by atoms with Crippen molar-refractivity contribution in [1.29, 1.82) is 0 Å². The molecule has 0 saturated heterocycles. The van der Waals surface area contributed by atoms with Crippen molar-refractivity contribution in [3.8, 4) is 11.1 Å². The van der Waals surface area contributed by atoms with Crippen LogP contribution in [0.15, 0.2) is 42.5 Å². The summed E-state index contributed by atoms with van der Waals surface area (Å²) in [6.45, 7) is 11.5. The zero-order valence-corrected chi connectivity index (χ0v) is 16.2. The number of aryl methyl sites for hydroxylation is 1. The molecule has 0 saturated carbocycles. The fraction of sp³-hybridized carbons (Fsp3) is 0.500. The van der Waals surface area contributed by atoms with Crippen LogP contribution in [0.4, 0.5) is 0 Å². The third-order valence-electron chi connectivity index (χ3n) is 4.68. The van der Waals surface area contributed by atoms with E-state index in [4.69, 9.17) is 0 Å². The molecule has 0 amide bonds. The summed E-state index contributed by atoms with van der Waals surface area (Å²) in [6.07, 6.45) is 6.41. The van der Waals surface area contributed by atoms with Gasteiger partial charge in [0.25, 0.3) is 0 Å². The van der Waals surface area contributed by atoms with Crippen molar-refractivity contribution < 1.29 is 0 Å². The Morgan fingerprint density at radius 3 is 2.29 bits per heavy atom. The summed E-state index contributed by atoms with van der Waals surface area (Å²) in [4.78, 5) is 0. The van der Waals surface area contributed by atoms with Gasteiger partial charge in [0.1, 0.15) is 0 Å². The molecule has 2 aromatic carbocycles. The summed E-state index contributed by atoms with van der Waals surface area (Å²) in [5.74, 6) is 0.822. The van der Waals surface area contributed by atoms with E-state index in [-0.39, 0.29) is 5.41 Å². The lowest BCUT2D eigenvalue weighted by molar-refractivity contribution is 0.527. The van der Waals surface area contributed by atoms with E-state index in [9.17, 15) is 0 Å². The molecule has 0 aliphatic carbocycles. The molecule has 1 radical (unpaired) electrons. The lowest BCUT2D eigenvalue weighted by atomic mass is 9.80. The van der Waals surface area contributed by atoms with E-state index in [0.717, 1.165) is 12.3 Å². The van der Waals surface area contributed by atoms with Gasteiger partial charge in [0.05, 0.1) is 0 Å². The molecule has 129 valence electrons. The topological polar surface area (TPSA) is 0 Å². The van der Waals surface area contributed by atoms with Crippen molar-refractivity contribution in [3.05, 3.63) is 59.7 Å². The molecule has 24 heavy (non-hydrogen) atoms. The third-order valence-corrected chi connectivity index (χ3v) is 4.68. The van der Waals surface area contributed by atoms with Crippen molar-refractivity contribution in [3.63, 3.8) is 0 Å². The molecule has 0 fully saturated rings. The van der Waals surface area contributed by atoms with Crippen LogP contribution in [-0.4, -0.2) is 0 Å². The van der Waals surface area contributed by atoms with Crippen LogP contribution in [0.3, 0.4) is 0 Å². The van der Waals surface area contributed by atoms with Crippen LogP contribution in [0, 0.1) is 12.0 Å². The molecule has 0 aliphatic rings. The van der Waals surface area contributed by atoms with Crippen LogP contribution in [0.1, 0.15) is 71.4 Å². The lowest BCUT2D eigenvalue weighted by Gasteiger charge is -2.24. The number of hydrogen-bond donors (Lipinski definition) is 0. The van der Waals surface area contributed by atoms with E-state index in [1.54, 1.807) is 0 Å². The van der Waals surface area contributed by atoms with Crippen LogP contribution in [0.2, 0.25) is 0 Å². The lowest BCUT2D eigenvalue weighted by Crippen LogP contribution is -2.13. The minimum Gasteiger partial charge on any atom is -0.0628 e. The fourth-order valence-corrected chi connectivity index (χ4v) is 3.33. The molecule has 0 heteroatoms. The first-order valence-electron chi connectivity index (χ1n) is 9.49. The molecule has 0 bridgehead atoms. The molecule has 0 spiro atoms. The Hall–Kier alpha value is -1.56. The first-order valence-corrected chi connectivity index (χ1v) is 9.49. The Labute approximate surface area is 149 Å². The molecule has 0 N–H and O–H groups in total. The normalized spacial score (nSPS) is 11.9. The molecule has 0 nitrogen and oxygen atoms in total. The number of unbranched alkanes of at least 4 members (excludes halogenated alkanes) is 2. The van der Waals surface area contributed by atoms with E-state index in [1.807, 2.05) is 0 Å². The standard InChI is InChI=1S/C24H33/c1-19(2)13-7-6-8-14-20-15-9-10-16-21(20)22-17-11-12-18-23(22)24(3,4)5/h9-12,16-19H,6-8,13-14H2,1-5H3. The predicted molar refractivity (Wildman–Crippen MR) is 106 cm³/mol. The first kappa shape index (κ1) is 18.8. The van der Waals surface area contributed by atoms with Gasteiger partial charge in [0.2, 0.25) is 0 Å². The molecular weight excluding hydrogens is 288 g/mol. The second-order valence-electron chi connectivity index (χ2n) is 8.35. The predicted octanol–water partition coefficient (Wildman–Crippen LogP) is 7.21. The third kappa shape index (κ3) is 5.23. The zero-order valence-electron chi connectivity index (χ0n) is 16.2. The molecule has 2 rings (SSSR count). The second kappa shape index (κ2) is 8.51. The highest BCUT2D eigenvalue weighted by molar-refractivity contribution is 5.71. The van der Waals surface area contributed by atoms with Crippen molar-refractivity contribution in [1.82, 2.24) is 0 Å². The number of rotatable bonds is 7. The highest BCUT2D eigenvalue weighted by atomic mass is 14.2. The molecule has 0 unspecified atom stereocenters. The quantitative estimate of drug-likeness (QED) is 0.473. The van der Waals surface area contributed by atoms with Gasteiger partial charge >= 0.3 is 0 Å². The second-order valence-corrected chi connectivity index (χ2v) is 8.35.